The second kappa shape index (κ2) is 8.68. The molecule has 0 spiro atoms. The van der Waals surface area contributed by atoms with Gasteiger partial charge >= 0.3 is 18.1 Å². The van der Waals surface area contributed by atoms with Gasteiger partial charge in [0.2, 0.25) is 5.69 Å². The lowest BCUT2D eigenvalue weighted by Gasteiger charge is -2.23. The van der Waals surface area contributed by atoms with Gasteiger partial charge in [0.25, 0.3) is 5.88 Å². The maximum absolute atomic E-state index is 12.2. The monoisotopic (exact) mass is 433 g/mol. The molecule has 1 fully saturated rings. The second-order valence-electron chi connectivity index (χ2n) is 6.24. The van der Waals surface area contributed by atoms with Crippen LogP contribution in [0.5, 0.6) is 17.4 Å². The van der Waals surface area contributed by atoms with Gasteiger partial charge in [-0.1, -0.05) is 28.3 Å². The number of carbonyl (C=O) groups is 2. The first kappa shape index (κ1) is 20.9. The van der Waals surface area contributed by atoms with Crippen LogP contribution in [0.2, 0.25) is 5.02 Å². The molecule has 156 valence electrons. The second-order valence-corrected chi connectivity index (χ2v) is 6.65. The summed E-state index contributed by atoms with van der Waals surface area (Å²) in [6.45, 7) is 0. The van der Waals surface area contributed by atoms with E-state index in [0.717, 1.165) is 32.1 Å². The highest BCUT2D eigenvalue weighted by Gasteiger charge is 2.43. The van der Waals surface area contributed by atoms with Crippen molar-refractivity contribution in [2.45, 2.75) is 44.4 Å². The summed E-state index contributed by atoms with van der Waals surface area (Å²) in [4.78, 5) is 22.6. The zero-order valence-corrected chi connectivity index (χ0v) is 15.5. The molecule has 1 aliphatic carbocycles. The number of aromatic amines is 1. The van der Waals surface area contributed by atoms with Gasteiger partial charge in [-0.15, -0.1) is 0 Å². The molecule has 1 N–H and O–H groups in total. The molecule has 3 rings (SSSR count). The minimum atomic E-state index is -5.33. The van der Waals surface area contributed by atoms with Crippen LogP contribution in [0.3, 0.4) is 0 Å². The summed E-state index contributed by atoms with van der Waals surface area (Å²) >= 11 is 6.15. The summed E-state index contributed by atoms with van der Waals surface area (Å²) in [7, 11) is 0. The zero-order chi connectivity index (χ0) is 21.0. The molecule has 0 amide bonds. The minimum absolute atomic E-state index is 0.0162. The predicted octanol–water partition coefficient (Wildman–Crippen LogP) is 4.21. The van der Waals surface area contributed by atoms with Gasteiger partial charge in [-0.2, -0.15) is 13.2 Å². The number of H-pyrrole nitrogens is 1. The van der Waals surface area contributed by atoms with E-state index < -0.39 is 29.7 Å². The quantitative estimate of drug-likeness (QED) is 0.556. The van der Waals surface area contributed by atoms with Crippen molar-refractivity contribution in [1.29, 1.82) is 0 Å². The SMILES string of the molecule is O=C(OC(=O)C(F)(F)F)c1[nH]nnc1Oc1ccc(Cl)c(OC2CCCCC2)c1. The number of hydrogen-bond acceptors (Lipinski definition) is 7. The van der Waals surface area contributed by atoms with E-state index in [2.05, 4.69) is 15.0 Å². The van der Waals surface area contributed by atoms with Gasteiger partial charge in [0.05, 0.1) is 11.1 Å². The maximum atomic E-state index is 12.2. The highest BCUT2D eigenvalue weighted by atomic mass is 35.5. The van der Waals surface area contributed by atoms with Gasteiger partial charge in [-0.3, -0.25) is 0 Å². The van der Waals surface area contributed by atoms with Crippen LogP contribution in [0.1, 0.15) is 42.6 Å². The molecule has 0 atom stereocenters. The Morgan fingerprint density at radius 3 is 2.59 bits per heavy atom. The largest absolute Gasteiger partial charge is 0.491 e. The third kappa shape index (κ3) is 5.37. The molecule has 29 heavy (non-hydrogen) atoms. The Bertz CT molecular complexity index is 897. The van der Waals surface area contributed by atoms with Crippen LogP contribution >= 0.6 is 11.6 Å². The first-order valence-electron chi connectivity index (χ1n) is 8.62. The molecule has 2 aromatic rings. The van der Waals surface area contributed by atoms with Crippen LogP contribution in [0.4, 0.5) is 13.2 Å². The van der Waals surface area contributed by atoms with Crippen LogP contribution in [-0.4, -0.2) is 39.6 Å². The summed E-state index contributed by atoms with van der Waals surface area (Å²) in [5, 5.41) is 9.15. The van der Waals surface area contributed by atoms with Crippen molar-refractivity contribution in [2.24, 2.45) is 0 Å². The third-order valence-electron chi connectivity index (χ3n) is 4.10. The molecule has 12 heteroatoms. The van der Waals surface area contributed by atoms with E-state index in [9.17, 15) is 22.8 Å². The van der Waals surface area contributed by atoms with Gasteiger partial charge in [0, 0.05) is 6.07 Å². The number of benzene rings is 1. The Labute approximate surface area is 167 Å². The number of halogens is 4. The lowest BCUT2D eigenvalue weighted by atomic mass is 9.98. The summed E-state index contributed by atoms with van der Waals surface area (Å²) in [5.74, 6) is -4.28. The minimum Gasteiger partial charge on any atom is -0.489 e. The van der Waals surface area contributed by atoms with E-state index in [-0.39, 0.29) is 11.9 Å². The van der Waals surface area contributed by atoms with Crippen molar-refractivity contribution in [3.63, 3.8) is 0 Å². The number of esters is 2. The molecule has 0 unspecified atom stereocenters. The molecule has 8 nitrogen and oxygen atoms in total. The van der Waals surface area contributed by atoms with Crippen molar-refractivity contribution in [3.8, 4) is 17.4 Å². The Hall–Kier alpha value is -2.82. The van der Waals surface area contributed by atoms with E-state index in [1.807, 2.05) is 5.10 Å². The fourth-order valence-electron chi connectivity index (χ4n) is 2.73. The number of nitrogens with zero attached hydrogens (tertiary/aromatic N) is 2. The third-order valence-corrected chi connectivity index (χ3v) is 4.41. The van der Waals surface area contributed by atoms with E-state index in [1.165, 1.54) is 18.2 Å². The standard InChI is InChI=1S/C17H15ClF3N3O5/c18-11-7-6-10(8-12(11)27-9-4-2-1-3-5-9)28-14-13(22-24-23-14)15(25)29-16(26)17(19,20)21/h6-9H,1-5H2,(H,22,23,24). The summed E-state index contributed by atoms with van der Waals surface area (Å²) < 4.78 is 51.8. The summed E-state index contributed by atoms with van der Waals surface area (Å²) in [5.41, 5.74) is -0.660. The fourth-order valence-corrected chi connectivity index (χ4v) is 2.89. The van der Waals surface area contributed by atoms with E-state index >= 15 is 0 Å². The Morgan fingerprint density at radius 1 is 1.17 bits per heavy atom. The van der Waals surface area contributed by atoms with Crippen molar-refractivity contribution < 1.29 is 37.0 Å². The fraction of sp³-hybridized carbons (Fsp3) is 0.412. The molecule has 1 aliphatic rings. The first-order chi connectivity index (χ1) is 13.7. The summed E-state index contributed by atoms with van der Waals surface area (Å²) in [6, 6.07) is 4.41. The molecule has 1 saturated carbocycles. The van der Waals surface area contributed by atoms with Gasteiger partial charge < -0.3 is 14.2 Å². The lowest BCUT2D eigenvalue weighted by molar-refractivity contribution is -0.193. The molecule has 1 aromatic carbocycles. The molecule has 0 radical (unpaired) electrons. The number of aromatic nitrogens is 3. The molecule has 1 aromatic heterocycles. The molecule has 0 bridgehead atoms. The highest BCUT2D eigenvalue weighted by molar-refractivity contribution is 6.32. The maximum Gasteiger partial charge on any atom is 0.491 e. The molecular formula is C17H15ClF3N3O5. The zero-order valence-electron chi connectivity index (χ0n) is 14.8. The van der Waals surface area contributed by atoms with Crippen molar-refractivity contribution in [1.82, 2.24) is 15.4 Å². The molecule has 0 aliphatic heterocycles. The average molecular weight is 434 g/mol. The van der Waals surface area contributed by atoms with Crippen LogP contribution in [0, 0.1) is 0 Å². The Morgan fingerprint density at radius 2 is 1.90 bits per heavy atom. The van der Waals surface area contributed by atoms with Crippen molar-refractivity contribution >= 4 is 23.5 Å². The average Bonchev–Trinajstić information content (AvgIpc) is 3.13. The van der Waals surface area contributed by atoms with Crippen LogP contribution < -0.4 is 9.47 Å². The lowest BCUT2D eigenvalue weighted by Crippen LogP contribution is -2.28. The number of ether oxygens (including phenoxy) is 3. The normalized spacial score (nSPS) is 15.0. The van der Waals surface area contributed by atoms with Crippen LogP contribution in [0.25, 0.3) is 0 Å². The summed E-state index contributed by atoms with van der Waals surface area (Å²) in [6.07, 6.45) is -0.256. The van der Waals surface area contributed by atoms with E-state index in [0.29, 0.717) is 10.8 Å². The Kier molecular flexibility index (Phi) is 6.26. The number of alkyl halides is 3. The number of nitrogens with one attached hydrogen (secondary N) is 1. The van der Waals surface area contributed by atoms with E-state index in [1.54, 1.807) is 0 Å². The molecular weight excluding hydrogens is 419 g/mol. The van der Waals surface area contributed by atoms with Gasteiger partial charge in [-0.25, -0.2) is 14.7 Å². The van der Waals surface area contributed by atoms with Gasteiger partial charge in [0.1, 0.15) is 11.5 Å². The van der Waals surface area contributed by atoms with Crippen LogP contribution in [0.15, 0.2) is 18.2 Å². The molecule has 1 heterocycles. The number of carbonyl (C=O) groups excluding carboxylic acids is 2. The number of rotatable bonds is 5. The Balaban J connectivity index is 1.72. The highest BCUT2D eigenvalue weighted by Crippen LogP contribution is 2.34. The van der Waals surface area contributed by atoms with Crippen molar-refractivity contribution in [2.75, 3.05) is 0 Å². The topological polar surface area (TPSA) is 103 Å². The van der Waals surface area contributed by atoms with Gasteiger partial charge in [-0.05, 0) is 37.8 Å². The first-order valence-corrected chi connectivity index (χ1v) is 9.00. The van der Waals surface area contributed by atoms with Gasteiger partial charge in [0.15, 0.2) is 0 Å². The van der Waals surface area contributed by atoms with E-state index in [4.69, 9.17) is 21.1 Å². The smallest absolute Gasteiger partial charge is 0.489 e. The number of hydrogen-bond donors (Lipinski definition) is 1. The van der Waals surface area contributed by atoms with Crippen molar-refractivity contribution in [3.05, 3.63) is 28.9 Å². The predicted molar refractivity (Wildman–Crippen MR) is 91.9 cm³/mol. The molecule has 0 saturated heterocycles. The van der Waals surface area contributed by atoms with Crippen LogP contribution in [-0.2, 0) is 9.53 Å².